The maximum atomic E-state index is 12.9. The van der Waals surface area contributed by atoms with Crippen LogP contribution in [-0.4, -0.2) is 21.2 Å². The van der Waals surface area contributed by atoms with E-state index in [9.17, 15) is 9.59 Å². The molecule has 1 N–H and O–H groups in total. The Morgan fingerprint density at radius 1 is 1.52 bits per heavy atom. The Morgan fingerprint density at radius 3 is 2.96 bits per heavy atom. The number of thiophene rings is 1. The highest BCUT2D eigenvalue weighted by Gasteiger charge is 2.18. The van der Waals surface area contributed by atoms with Crippen molar-refractivity contribution in [3.63, 3.8) is 0 Å². The average Bonchev–Trinajstić information content (AvgIpc) is 3.25. The predicted molar refractivity (Wildman–Crippen MR) is 110 cm³/mol. The van der Waals surface area contributed by atoms with Gasteiger partial charge in [0.15, 0.2) is 5.16 Å². The Hall–Kier alpha value is -2.32. The quantitative estimate of drug-likeness (QED) is 0.369. The van der Waals surface area contributed by atoms with Gasteiger partial charge < -0.3 is 9.73 Å². The van der Waals surface area contributed by atoms with Gasteiger partial charge in [0.1, 0.15) is 10.6 Å². The molecule has 0 saturated heterocycles. The molecule has 1 amide bonds. The second-order valence-corrected chi connectivity index (χ2v) is 8.30. The minimum absolute atomic E-state index is 0.0892. The summed E-state index contributed by atoms with van der Waals surface area (Å²) in [5.74, 6) is 0.701. The van der Waals surface area contributed by atoms with Gasteiger partial charge in [-0.05, 0) is 38.5 Å². The second kappa shape index (κ2) is 8.14. The van der Waals surface area contributed by atoms with Gasteiger partial charge in [-0.15, -0.1) is 17.9 Å². The fourth-order valence-corrected chi connectivity index (χ4v) is 4.62. The molecule has 3 aromatic heterocycles. The Bertz CT molecular complexity index is 1030. The maximum Gasteiger partial charge on any atom is 0.263 e. The average molecular weight is 404 g/mol. The standard InChI is InChI=1S/C19H21N3O3S2/c1-5-8-22-18(24)16-11(2)13(4)27-17(16)21-19(22)26-10-15(23)20-12(3)14-7-6-9-25-14/h5-7,9,12H,1,8,10H2,2-4H3,(H,20,23). The van der Waals surface area contributed by atoms with Crippen molar-refractivity contribution in [2.45, 2.75) is 38.5 Å². The molecule has 0 aromatic carbocycles. The zero-order valence-electron chi connectivity index (χ0n) is 15.4. The first-order valence-electron chi connectivity index (χ1n) is 8.49. The Labute approximate surface area is 165 Å². The zero-order chi connectivity index (χ0) is 19.6. The smallest absolute Gasteiger partial charge is 0.263 e. The summed E-state index contributed by atoms with van der Waals surface area (Å²) in [6, 6.07) is 3.38. The number of fused-ring (bicyclic) bond motifs is 1. The number of thioether (sulfide) groups is 1. The highest BCUT2D eigenvalue weighted by molar-refractivity contribution is 7.99. The number of allylic oxidation sites excluding steroid dienone is 1. The third kappa shape index (κ3) is 4.01. The van der Waals surface area contributed by atoms with Crippen LogP contribution in [-0.2, 0) is 11.3 Å². The minimum atomic E-state index is -0.221. The van der Waals surface area contributed by atoms with Crippen molar-refractivity contribution in [2.24, 2.45) is 0 Å². The second-order valence-electron chi connectivity index (χ2n) is 6.16. The van der Waals surface area contributed by atoms with Crippen molar-refractivity contribution < 1.29 is 9.21 Å². The van der Waals surface area contributed by atoms with E-state index in [1.54, 1.807) is 23.0 Å². The molecule has 0 saturated carbocycles. The van der Waals surface area contributed by atoms with Crippen molar-refractivity contribution >= 4 is 39.2 Å². The Morgan fingerprint density at radius 2 is 2.30 bits per heavy atom. The van der Waals surface area contributed by atoms with E-state index in [1.807, 2.05) is 26.8 Å². The minimum Gasteiger partial charge on any atom is -0.467 e. The molecular formula is C19H21N3O3S2. The molecule has 27 heavy (non-hydrogen) atoms. The number of aromatic nitrogens is 2. The van der Waals surface area contributed by atoms with Crippen molar-refractivity contribution in [1.82, 2.24) is 14.9 Å². The molecule has 0 aliphatic heterocycles. The van der Waals surface area contributed by atoms with E-state index in [1.165, 1.54) is 23.1 Å². The van der Waals surface area contributed by atoms with E-state index in [-0.39, 0.29) is 23.3 Å². The molecule has 1 atom stereocenters. The zero-order valence-corrected chi connectivity index (χ0v) is 17.1. The van der Waals surface area contributed by atoms with Crippen LogP contribution < -0.4 is 10.9 Å². The Kier molecular flexibility index (Phi) is 5.86. The van der Waals surface area contributed by atoms with Crippen molar-refractivity contribution in [3.05, 3.63) is 57.6 Å². The molecule has 1 unspecified atom stereocenters. The van der Waals surface area contributed by atoms with Crippen molar-refractivity contribution in [3.8, 4) is 0 Å². The molecule has 0 spiro atoms. The molecule has 6 nitrogen and oxygen atoms in total. The van der Waals surface area contributed by atoms with Gasteiger partial charge in [-0.1, -0.05) is 17.8 Å². The van der Waals surface area contributed by atoms with Crippen molar-refractivity contribution in [2.75, 3.05) is 5.75 Å². The fourth-order valence-electron chi connectivity index (χ4n) is 2.73. The largest absolute Gasteiger partial charge is 0.467 e. The van der Waals surface area contributed by atoms with E-state index in [2.05, 4.69) is 16.9 Å². The summed E-state index contributed by atoms with van der Waals surface area (Å²) in [5, 5.41) is 4.06. The number of hydrogen-bond donors (Lipinski definition) is 1. The highest BCUT2D eigenvalue weighted by Crippen LogP contribution is 2.28. The van der Waals surface area contributed by atoms with Crippen LogP contribution in [0.4, 0.5) is 0 Å². The van der Waals surface area contributed by atoms with Crippen LogP contribution >= 0.6 is 23.1 Å². The van der Waals surface area contributed by atoms with Gasteiger partial charge in [-0.2, -0.15) is 0 Å². The van der Waals surface area contributed by atoms with Crippen LogP contribution in [0, 0.1) is 13.8 Å². The summed E-state index contributed by atoms with van der Waals surface area (Å²) in [7, 11) is 0. The van der Waals surface area contributed by atoms with Crippen LogP contribution in [0.25, 0.3) is 10.2 Å². The molecule has 142 valence electrons. The van der Waals surface area contributed by atoms with Crippen LogP contribution in [0.1, 0.15) is 29.2 Å². The number of amides is 1. The summed E-state index contributed by atoms with van der Waals surface area (Å²) in [5.41, 5.74) is 0.875. The topological polar surface area (TPSA) is 77.1 Å². The van der Waals surface area contributed by atoms with Crippen LogP contribution in [0.2, 0.25) is 0 Å². The summed E-state index contributed by atoms with van der Waals surface area (Å²) < 4.78 is 6.87. The first kappa shape index (κ1) is 19.4. The Balaban J connectivity index is 1.81. The molecule has 8 heteroatoms. The lowest BCUT2D eigenvalue weighted by Crippen LogP contribution is -2.29. The molecule has 0 bridgehead atoms. The lowest BCUT2D eigenvalue weighted by atomic mass is 10.2. The molecule has 0 aliphatic carbocycles. The predicted octanol–water partition coefficient (Wildman–Crippen LogP) is 3.82. The van der Waals surface area contributed by atoms with Gasteiger partial charge in [0.2, 0.25) is 5.91 Å². The van der Waals surface area contributed by atoms with Gasteiger partial charge in [0.25, 0.3) is 5.56 Å². The van der Waals surface area contributed by atoms with Gasteiger partial charge in [0.05, 0.1) is 23.4 Å². The number of nitrogens with zero attached hydrogens (tertiary/aromatic N) is 2. The molecule has 0 fully saturated rings. The van der Waals surface area contributed by atoms with E-state index < -0.39 is 0 Å². The number of hydrogen-bond acceptors (Lipinski definition) is 6. The van der Waals surface area contributed by atoms with Crippen LogP contribution in [0.15, 0.2) is 45.4 Å². The number of aryl methyl sites for hydroxylation is 2. The lowest BCUT2D eigenvalue weighted by molar-refractivity contribution is -0.119. The summed E-state index contributed by atoms with van der Waals surface area (Å²) in [6.45, 7) is 9.85. The first-order chi connectivity index (χ1) is 12.9. The van der Waals surface area contributed by atoms with Gasteiger partial charge >= 0.3 is 0 Å². The fraction of sp³-hybridized carbons (Fsp3) is 0.316. The summed E-state index contributed by atoms with van der Waals surface area (Å²) in [4.78, 5) is 31.6. The maximum absolute atomic E-state index is 12.9. The number of carbonyl (C=O) groups excluding carboxylic acids is 1. The molecule has 3 rings (SSSR count). The first-order valence-corrected chi connectivity index (χ1v) is 10.3. The number of furan rings is 1. The van der Waals surface area contributed by atoms with Gasteiger partial charge in [-0.3, -0.25) is 14.2 Å². The molecule has 0 aliphatic rings. The van der Waals surface area contributed by atoms with Gasteiger partial charge in [-0.25, -0.2) is 4.98 Å². The third-order valence-corrected chi connectivity index (χ3v) is 6.32. The summed E-state index contributed by atoms with van der Waals surface area (Å²) >= 11 is 2.75. The monoisotopic (exact) mass is 403 g/mol. The van der Waals surface area contributed by atoms with E-state index in [0.717, 1.165) is 10.4 Å². The third-order valence-electron chi connectivity index (χ3n) is 4.25. The van der Waals surface area contributed by atoms with Crippen LogP contribution in [0.3, 0.4) is 0 Å². The number of nitrogens with one attached hydrogen (secondary N) is 1. The molecular weight excluding hydrogens is 382 g/mol. The lowest BCUT2D eigenvalue weighted by Gasteiger charge is -2.13. The normalized spacial score (nSPS) is 12.3. The van der Waals surface area contributed by atoms with E-state index >= 15 is 0 Å². The van der Waals surface area contributed by atoms with Crippen molar-refractivity contribution in [1.29, 1.82) is 0 Å². The molecule has 3 heterocycles. The van der Waals surface area contributed by atoms with E-state index in [4.69, 9.17) is 4.42 Å². The SMILES string of the molecule is C=CCn1c(SCC(=O)NC(C)c2ccco2)nc2sc(C)c(C)c2c1=O. The summed E-state index contributed by atoms with van der Waals surface area (Å²) in [6.07, 6.45) is 3.23. The number of rotatable bonds is 7. The molecule has 3 aromatic rings. The van der Waals surface area contributed by atoms with E-state index in [0.29, 0.717) is 27.7 Å². The molecule has 0 radical (unpaired) electrons. The van der Waals surface area contributed by atoms with Crippen LogP contribution in [0.5, 0.6) is 0 Å². The highest BCUT2D eigenvalue weighted by atomic mass is 32.2. The number of carbonyl (C=O) groups is 1. The van der Waals surface area contributed by atoms with Gasteiger partial charge in [0, 0.05) is 11.4 Å².